The number of benzene rings is 1. The third-order valence-electron chi connectivity index (χ3n) is 4.97. The van der Waals surface area contributed by atoms with E-state index in [2.05, 4.69) is 10.2 Å². The van der Waals surface area contributed by atoms with Crippen LogP contribution in [0.5, 0.6) is 5.75 Å². The molecule has 0 spiro atoms. The summed E-state index contributed by atoms with van der Waals surface area (Å²) in [5.74, 6) is 1.08. The van der Waals surface area contributed by atoms with E-state index in [9.17, 15) is 9.90 Å². The molecule has 1 aliphatic carbocycles. The minimum Gasteiger partial charge on any atom is -0.508 e. The van der Waals surface area contributed by atoms with E-state index in [1.807, 2.05) is 6.07 Å². The zero-order valence-corrected chi connectivity index (χ0v) is 13.1. The van der Waals surface area contributed by atoms with Gasteiger partial charge in [0.15, 0.2) is 0 Å². The molecule has 4 heteroatoms. The first-order valence-electron chi connectivity index (χ1n) is 8.49. The van der Waals surface area contributed by atoms with Crippen LogP contribution < -0.4 is 5.32 Å². The van der Waals surface area contributed by atoms with Crippen molar-refractivity contribution < 1.29 is 9.90 Å². The Labute approximate surface area is 132 Å². The minimum atomic E-state index is 0.00853. The van der Waals surface area contributed by atoms with E-state index in [-0.39, 0.29) is 24.1 Å². The van der Waals surface area contributed by atoms with Crippen LogP contribution in [0.2, 0.25) is 0 Å². The first-order valence-corrected chi connectivity index (χ1v) is 8.49. The van der Waals surface area contributed by atoms with Gasteiger partial charge >= 0.3 is 0 Å². The second-order valence-electron chi connectivity index (χ2n) is 6.77. The molecule has 1 saturated heterocycles. The zero-order valence-electron chi connectivity index (χ0n) is 13.1. The van der Waals surface area contributed by atoms with Gasteiger partial charge in [0.25, 0.3) is 0 Å². The summed E-state index contributed by atoms with van der Waals surface area (Å²) in [6, 6.07) is 7.31. The van der Waals surface area contributed by atoms with Crippen LogP contribution >= 0.6 is 0 Å². The smallest absolute Gasteiger partial charge is 0.224 e. The van der Waals surface area contributed by atoms with Gasteiger partial charge in [-0.3, -0.25) is 4.79 Å². The minimum absolute atomic E-state index is 0.00853. The van der Waals surface area contributed by atoms with Gasteiger partial charge in [0.1, 0.15) is 5.75 Å². The summed E-state index contributed by atoms with van der Waals surface area (Å²) in [5, 5.41) is 12.9. The van der Waals surface area contributed by atoms with E-state index >= 15 is 0 Å². The summed E-state index contributed by atoms with van der Waals surface area (Å²) in [5.41, 5.74) is 0.695. The highest BCUT2D eigenvalue weighted by Gasteiger charge is 2.26. The maximum Gasteiger partial charge on any atom is 0.224 e. The molecular formula is C18H26N2O2. The Morgan fingerprint density at radius 1 is 1.23 bits per heavy atom. The molecule has 0 bridgehead atoms. The Kier molecular flexibility index (Phi) is 4.98. The average Bonchev–Trinajstić information content (AvgIpc) is 3.14. The molecule has 1 heterocycles. The normalized spacial score (nSPS) is 23.0. The number of nitrogens with zero attached hydrogens (tertiary/aromatic N) is 1. The van der Waals surface area contributed by atoms with E-state index in [1.165, 1.54) is 32.2 Å². The summed E-state index contributed by atoms with van der Waals surface area (Å²) in [6.45, 7) is 3.27. The molecule has 1 aliphatic heterocycles. The lowest BCUT2D eigenvalue weighted by Gasteiger charge is -2.20. The second-order valence-corrected chi connectivity index (χ2v) is 6.77. The summed E-state index contributed by atoms with van der Waals surface area (Å²) in [7, 11) is 0. The molecular weight excluding hydrogens is 276 g/mol. The van der Waals surface area contributed by atoms with Crippen molar-refractivity contribution in [3.05, 3.63) is 29.8 Å². The van der Waals surface area contributed by atoms with Crippen molar-refractivity contribution in [3.8, 4) is 5.75 Å². The fourth-order valence-corrected chi connectivity index (χ4v) is 3.79. The molecule has 0 unspecified atom stereocenters. The van der Waals surface area contributed by atoms with Gasteiger partial charge in [-0.25, -0.2) is 0 Å². The third-order valence-corrected chi connectivity index (χ3v) is 4.97. The van der Waals surface area contributed by atoms with Crippen LogP contribution in [-0.4, -0.2) is 41.6 Å². The molecule has 1 aromatic carbocycles. The van der Waals surface area contributed by atoms with E-state index in [4.69, 9.17) is 0 Å². The first-order chi connectivity index (χ1) is 10.7. The highest BCUT2D eigenvalue weighted by atomic mass is 16.3. The number of rotatable bonds is 5. The summed E-state index contributed by atoms with van der Waals surface area (Å²) >= 11 is 0. The summed E-state index contributed by atoms with van der Waals surface area (Å²) < 4.78 is 0. The van der Waals surface area contributed by atoms with Crippen molar-refractivity contribution in [2.75, 3.05) is 19.6 Å². The molecule has 22 heavy (non-hydrogen) atoms. The molecule has 0 aromatic heterocycles. The standard InChI is InChI=1S/C18H26N2O2/c21-17-8-4-3-7-15(17)11-18(22)19-16-9-10-20(13-16)12-14-5-1-2-6-14/h3-4,7-8,14,16,21H,1-2,5-6,9-13H2,(H,19,22)/t16-/m1/s1. The maximum atomic E-state index is 12.1. The van der Waals surface area contributed by atoms with Crippen molar-refractivity contribution in [2.24, 2.45) is 5.92 Å². The number of likely N-dealkylation sites (tertiary alicyclic amines) is 1. The average molecular weight is 302 g/mol. The molecule has 2 aliphatic rings. The number of phenols is 1. The van der Waals surface area contributed by atoms with Gasteiger partial charge in [0, 0.05) is 31.2 Å². The van der Waals surface area contributed by atoms with Crippen LogP contribution in [0.25, 0.3) is 0 Å². The number of nitrogens with one attached hydrogen (secondary N) is 1. The van der Waals surface area contributed by atoms with Gasteiger partial charge in [-0.2, -0.15) is 0 Å². The van der Waals surface area contributed by atoms with Crippen LogP contribution in [0.1, 0.15) is 37.7 Å². The number of phenolic OH excluding ortho intramolecular Hbond substituents is 1. The predicted molar refractivity (Wildman–Crippen MR) is 86.8 cm³/mol. The SMILES string of the molecule is O=C(Cc1ccccc1O)N[C@@H]1CCN(CC2CCCC2)C1. The molecule has 1 amide bonds. The van der Waals surface area contributed by atoms with Crippen molar-refractivity contribution in [1.82, 2.24) is 10.2 Å². The van der Waals surface area contributed by atoms with Gasteiger partial charge in [-0.05, 0) is 31.2 Å². The highest BCUT2D eigenvalue weighted by Crippen LogP contribution is 2.26. The topological polar surface area (TPSA) is 52.6 Å². The molecule has 4 nitrogen and oxygen atoms in total. The predicted octanol–water partition coefficient (Wildman–Crippen LogP) is 2.32. The van der Waals surface area contributed by atoms with E-state index in [0.717, 1.165) is 25.4 Å². The third kappa shape index (κ3) is 4.01. The van der Waals surface area contributed by atoms with Gasteiger partial charge in [0.05, 0.1) is 6.42 Å². The number of hydrogen-bond donors (Lipinski definition) is 2. The van der Waals surface area contributed by atoms with Crippen LogP contribution in [0.3, 0.4) is 0 Å². The van der Waals surface area contributed by atoms with E-state index in [0.29, 0.717) is 5.56 Å². The highest BCUT2D eigenvalue weighted by molar-refractivity contribution is 5.79. The molecule has 1 atom stereocenters. The Balaban J connectivity index is 1.43. The lowest BCUT2D eigenvalue weighted by molar-refractivity contribution is -0.121. The van der Waals surface area contributed by atoms with Gasteiger partial charge in [-0.1, -0.05) is 31.0 Å². The molecule has 0 radical (unpaired) electrons. The van der Waals surface area contributed by atoms with Crippen LogP contribution in [0, 0.1) is 5.92 Å². The fourth-order valence-electron chi connectivity index (χ4n) is 3.79. The molecule has 1 saturated carbocycles. The maximum absolute atomic E-state index is 12.1. The lowest BCUT2D eigenvalue weighted by Crippen LogP contribution is -2.38. The van der Waals surface area contributed by atoms with Crippen molar-refractivity contribution in [1.29, 1.82) is 0 Å². The van der Waals surface area contributed by atoms with Crippen LogP contribution in [0.4, 0.5) is 0 Å². The number of hydrogen-bond acceptors (Lipinski definition) is 3. The van der Waals surface area contributed by atoms with Crippen molar-refractivity contribution in [2.45, 2.75) is 44.6 Å². The monoisotopic (exact) mass is 302 g/mol. The molecule has 2 N–H and O–H groups in total. The second kappa shape index (κ2) is 7.14. The lowest BCUT2D eigenvalue weighted by atomic mass is 10.1. The quantitative estimate of drug-likeness (QED) is 0.877. The Morgan fingerprint density at radius 3 is 2.77 bits per heavy atom. The van der Waals surface area contributed by atoms with Crippen LogP contribution in [-0.2, 0) is 11.2 Å². The largest absolute Gasteiger partial charge is 0.508 e. The Morgan fingerprint density at radius 2 is 2.00 bits per heavy atom. The number of para-hydroxylation sites is 1. The number of amides is 1. The fraction of sp³-hybridized carbons (Fsp3) is 0.611. The number of carbonyl (C=O) groups is 1. The van der Waals surface area contributed by atoms with Crippen molar-refractivity contribution in [3.63, 3.8) is 0 Å². The number of carbonyl (C=O) groups excluding carboxylic acids is 1. The van der Waals surface area contributed by atoms with E-state index in [1.54, 1.807) is 18.2 Å². The molecule has 3 rings (SSSR count). The van der Waals surface area contributed by atoms with Crippen molar-refractivity contribution >= 4 is 5.91 Å². The molecule has 1 aromatic rings. The zero-order chi connectivity index (χ0) is 15.4. The first kappa shape index (κ1) is 15.3. The number of aromatic hydroxyl groups is 1. The Hall–Kier alpha value is -1.55. The van der Waals surface area contributed by atoms with Gasteiger partial charge in [-0.15, -0.1) is 0 Å². The molecule has 120 valence electrons. The summed E-state index contributed by atoms with van der Waals surface area (Å²) in [6.07, 6.45) is 6.82. The summed E-state index contributed by atoms with van der Waals surface area (Å²) in [4.78, 5) is 14.6. The van der Waals surface area contributed by atoms with Crippen LogP contribution in [0.15, 0.2) is 24.3 Å². The molecule has 2 fully saturated rings. The Bertz CT molecular complexity index is 512. The van der Waals surface area contributed by atoms with Gasteiger partial charge < -0.3 is 15.3 Å². The van der Waals surface area contributed by atoms with E-state index < -0.39 is 0 Å². The van der Waals surface area contributed by atoms with Gasteiger partial charge in [0.2, 0.25) is 5.91 Å².